The normalized spacial score (nSPS) is 9.71. The summed E-state index contributed by atoms with van der Waals surface area (Å²) in [6, 6.07) is 0. The monoisotopic (exact) mass is 455 g/mol. The predicted octanol–water partition coefficient (Wildman–Crippen LogP) is 2.03. The average Bonchev–Trinajstić information content (AvgIpc) is 2.15. The molecule has 0 unspecified atom stereocenters. The molecule has 0 saturated carbocycles. The minimum absolute atomic E-state index is 0. The van der Waals surface area contributed by atoms with E-state index in [9.17, 15) is 0 Å². The van der Waals surface area contributed by atoms with E-state index in [0.29, 0.717) is 0 Å². The second-order valence-electron chi connectivity index (χ2n) is 5.54. The van der Waals surface area contributed by atoms with Crippen LogP contribution < -0.4 is 0 Å². The van der Waals surface area contributed by atoms with Crippen molar-refractivity contribution in [3.05, 3.63) is 0 Å². The third kappa shape index (κ3) is 85.0. The van der Waals surface area contributed by atoms with Crippen LogP contribution in [0, 0.1) is 0 Å². The van der Waals surface area contributed by atoms with Gasteiger partial charge in [-0.15, -0.1) is 0 Å². The van der Waals surface area contributed by atoms with Crippen LogP contribution in [0.4, 0.5) is 0 Å². The first kappa shape index (κ1) is 34.9. The Kier molecular flexibility index (Phi) is 41.5. The van der Waals surface area contributed by atoms with Gasteiger partial charge in [-0.25, -0.2) is 9.41 Å². The molecule has 0 aromatic heterocycles. The van der Waals surface area contributed by atoms with Gasteiger partial charge in [0, 0.05) is 56.8 Å². The fraction of sp³-hybridized carbons (Fsp3) is 1.00. The van der Waals surface area contributed by atoms with E-state index in [1.165, 1.54) is 0 Å². The maximum atomic E-state index is 4.64. The first-order valence-electron chi connectivity index (χ1n) is 6.25. The Hall–Kier alpha value is 2.69. The van der Waals surface area contributed by atoms with E-state index in [1.807, 2.05) is 28.2 Å². The van der Waals surface area contributed by atoms with Crippen molar-refractivity contribution in [3.63, 3.8) is 0 Å². The molecule has 0 spiro atoms. The van der Waals surface area contributed by atoms with Gasteiger partial charge >= 0.3 is 0 Å². The van der Waals surface area contributed by atoms with Crippen LogP contribution in [-0.4, -0.2) is 87.4 Å². The van der Waals surface area contributed by atoms with E-state index < -0.39 is 0 Å². The van der Waals surface area contributed by atoms with Gasteiger partial charge in [0.2, 0.25) is 0 Å². The van der Waals surface area contributed by atoms with Crippen LogP contribution in [0.15, 0.2) is 0 Å². The van der Waals surface area contributed by atoms with E-state index in [0.717, 1.165) is 0 Å². The molecule has 0 heterocycles. The molecule has 0 bridgehead atoms. The predicted molar refractivity (Wildman–Crippen MR) is 117 cm³/mol. The Morgan fingerprint density at radius 1 is 0.571 bits per heavy atom. The van der Waals surface area contributed by atoms with Crippen molar-refractivity contribution >= 4 is 66.4 Å². The van der Waals surface area contributed by atoms with E-state index >= 15 is 0 Å². The molecular weight excluding hydrogens is 421 g/mol. The van der Waals surface area contributed by atoms with Gasteiger partial charge in [-0.05, 0) is 44.0 Å². The van der Waals surface area contributed by atoms with Crippen molar-refractivity contribution < 1.29 is 16.8 Å². The zero-order valence-corrected chi connectivity index (χ0v) is 21.3. The largest absolute Gasteiger partial charge is 0.800 e. The number of hydrogen-bond acceptors (Lipinski definition) is 6. The molecule has 2 nitrogen and oxygen atoms in total. The first-order chi connectivity index (χ1) is 8.75. The minimum atomic E-state index is -0.148. The Morgan fingerprint density at radius 3 is 0.619 bits per heavy atom. The quantitative estimate of drug-likeness (QED) is 0.461. The number of nitrogens with zero attached hydrogens (tertiary/aromatic N) is 2. The number of hydrogen-bond donors (Lipinski definition) is 0. The van der Waals surface area contributed by atoms with Gasteiger partial charge in [-0.2, -0.15) is 0 Å². The molecule has 0 aliphatic rings. The molecule has 0 fully saturated rings. The Balaban J connectivity index is -0.0000000544. The second-order valence-corrected chi connectivity index (χ2v) is 13.9. The summed E-state index contributed by atoms with van der Waals surface area (Å²) in [6.45, 7) is 13.6. The fourth-order valence-corrected chi connectivity index (χ4v) is 0. The molecule has 0 saturated heterocycles. The summed E-state index contributed by atoms with van der Waals surface area (Å²) in [5, 5.41) is 0. The van der Waals surface area contributed by atoms with E-state index in [-0.39, 0.29) is 42.0 Å². The molecule has 0 atom stereocenters. The molecule has 0 aliphatic carbocycles. The third-order valence-electron chi connectivity index (χ3n) is 0.843. The van der Waals surface area contributed by atoms with Crippen LogP contribution in [0.25, 0.3) is 0 Å². The maximum Gasteiger partial charge on any atom is 0.0461 e. The van der Waals surface area contributed by atoms with Crippen LogP contribution >= 0.6 is 15.8 Å². The summed E-state index contributed by atoms with van der Waals surface area (Å²) < 4.78 is -0.296. The van der Waals surface area contributed by atoms with Crippen molar-refractivity contribution in [1.29, 1.82) is 0 Å². The topological polar surface area (TPSA) is 6.48 Å². The van der Waals surface area contributed by atoms with E-state index in [4.69, 9.17) is 0 Å². The third-order valence-corrected chi connectivity index (χ3v) is 2.53. The smallest absolute Gasteiger partial charge is 0.0461 e. The van der Waals surface area contributed by atoms with Crippen LogP contribution in [0.5, 0.6) is 0 Å². The van der Waals surface area contributed by atoms with Crippen molar-refractivity contribution in [3.8, 4) is 0 Å². The van der Waals surface area contributed by atoms with Crippen molar-refractivity contribution in [1.82, 2.24) is 9.80 Å². The van der Waals surface area contributed by atoms with Crippen LogP contribution in [-0.2, 0) is 67.3 Å². The summed E-state index contributed by atoms with van der Waals surface area (Å²) in [6.07, 6.45) is 0. The Labute approximate surface area is 169 Å². The molecular formula is C12H34CoN2P2S4-2. The fourth-order valence-electron chi connectivity index (χ4n) is 0. The summed E-state index contributed by atoms with van der Waals surface area (Å²) >= 11 is 18.6. The number of rotatable bonds is 2. The molecule has 0 aromatic carbocycles. The van der Waals surface area contributed by atoms with Crippen LogP contribution in [0.2, 0.25) is 0 Å². The molecule has 0 aromatic rings. The van der Waals surface area contributed by atoms with Crippen molar-refractivity contribution in [2.24, 2.45) is 0 Å². The van der Waals surface area contributed by atoms with Crippen LogP contribution in [0.1, 0.15) is 0 Å². The molecule has 9 heteroatoms. The van der Waals surface area contributed by atoms with Gasteiger partial charge in [0.05, 0.1) is 0 Å². The summed E-state index contributed by atoms with van der Waals surface area (Å²) in [5.41, 5.74) is 0. The van der Waals surface area contributed by atoms with E-state index in [2.05, 4.69) is 90.5 Å². The maximum absolute atomic E-state index is 4.64. The average molecular weight is 456 g/mol. The standard InChI is InChI=1S/2C3H9NS2.2C3H9P.Co/c2*1-4(2)3(5)6;2*1-4(2)3;/h2*3,5-6H,1-2H3;2*1-3H3;/p-2. The van der Waals surface area contributed by atoms with Crippen LogP contribution in [0.3, 0.4) is 0 Å². The van der Waals surface area contributed by atoms with Gasteiger partial charge < -0.3 is 60.3 Å². The Bertz CT molecular complexity index is 140. The second kappa shape index (κ2) is 24.9. The first-order valence-corrected chi connectivity index (χ1v) is 14.1. The van der Waals surface area contributed by atoms with Gasteiger partial charge in [0.25, 0.3) is 0 Å². The molecule has 137 valence electrons. The zero-order valence-electron chi connectivity index (χ0n) is 15.0. The zero-order chi connectivity index (χ0) is 17.5. The molecule has 0 N–H and O–H groups in total. The van der Waals surface area contributed by atoms with Gasteiger partial charge in [0.15, 0.2) is 0 Å². The Morgan fingerprint density at radius 2 is 0.619 bits per heavy atom. The van der Waals surface area contributed by atoms with E-state index in [1.54, 1.807) is 9.80 Å². The minimum Gasteiger partial charge on any atom is -0.800 e. The van der Waals surface area contributed by atoms with Gasteiger partial charge in [0.1, 0.15) is 0 Å². The summed E-state index contributed by atoms with van der Waals surface area (Å²) in [5.74, 6) is 0. The van der Waals surface area contributed by atoms with Crippen molar-refractivity contribution in [2.45, 2.75) is 9.41 Å². The molecule has 0 aliphatic heterocycles. The molecule has 0 amide bonds. The molecule has 0 rings (SSSR count). The van der Waals surface area contributed by atoms with Gasteiger partial charge in [-0.1, -0.05) is 0 Å². The SMILES string of the molecule is CN(C)C([S-])[S-].CN(C)C([S-])[S-].C[PH+](C)C.C[PH+](C)C.[Co]. The van der Waals surface area contributed by atoms with Crippen molar-refractivity contribution in [2.75, 3.05) is 68.2 Å². The molecule has 21 heavy (non-hydrogen) atoms. The molecule has 1 radical (unpaired) electrons. The summed E-state index contributed by atoms with van der Waals surface area (Å²) in [7, 11) is 7.70. The van der Waals surface area contributed by atoms with Gasteiger partial charge in [-0.3, -0.25) is 0 Å². The summed E-state index contributed by atoms with van der Waals surface area (Å²) in [4.78, 5) is 3.59.